The van der Waals surface area contributed by atoms with Crippen molar-refractivity contribution in [3.05, 3.63) is 218 Å². The second-order valence-corrected chi connectivity index (χ2v) is 16.2. The van der Waals surface area contributed by atoms with Gasteiger partial charge >= 0.3 is 0 Å². The minimum absolute atomic E-state index is 0.670. The van der Waals surface area contributed by atoms with Crippen LogP contribution in [-0.2, 0) is 0 Å². The Morgan fingerprint density at radius 1 is 0.286 bits per heavy atom. The molecule has 0 spiro atoms. The van der Waals surface area contributed by atoms with Crippen molar-refractivity contribution in [3.63, 3.8) is 0 Å². The highest BCUT2D eigenvalue weighted by atomic mass is 16.3. The van der Waals surface area contributed by atoms with Crippen LogP contribution in [0.25, 0.3) is 122 Å². The molecule has 0 N–H and O–H groups in total. The van der Waals surface area contributed by atoms with Gasteiger partial charge in [0.05, 0.1) is 33.5 Å². The van der Waals surface area contributed by atoms with Gasteiger partial charge in [-0.05, 0) is 77.9 Å². The van der Waals surface area contributed by atoms with E-state index in [1.807, 2.05) is 30.3 Å². The lowest BCUT2D eigenvalue weighted by Crippen LogP contribution is -2.01. The Bertz CT molecular complexity index is 3670. The van der Waals surface area contributed by atoms with Crippen molar-refractivity contribution in [2.75, 3.05) is 0 Å². The second kappa shape index (κ2) is 14.0. The molecule has 0 amide bonds. The van der Waals surface area contributed by atoms with Crippen molar-refractivity contribution >= 4 is 65.6 Å². The first-order chi connectivity index (χ1) is 31.2. The van der Waals surface area contributed by atoms with E-state index in [2.05, 4.69) is 197 Å². The zero-order valence-corrected chi connectivity index (χ0v) is 34.0. The van der Waals surface area contributed by atoms with Crippen molar-refractivity contribution in [1.29, 1.82) is 0 Å². The predicted molar refractivity (Wildman–Crippen MR) is 260 cm³/mol. The first-order valence-electron chi connectivity index (χ1n) is 21.3. The van der Waals surface area contributed by atoms with Gasteiger partial charge in [-0.3, -0.25) is 0 Å². The van der Waals surface area contributed by atoms with Gasteiger partial charge in [-0.2, -0.15) is 0 Å². The van der Waals surface area contributed by atoms with Crippen molar-refractivity contribution in [1.82, 2.24) is 19.1 Å². The van der Waals surface area contributed by atoms with Crippen LogP contribution >= 0.6 is 0 Å². The Morgan fingerprint density at radius 3 is 1.30 bits per heavy atom. The topological polar surface area (TPSA) is 48.8 Å². The Kier molecular flexibility index (Phi) is 7.84. The first kappa shape index (κ1) is 35.2. The predicted octanol–water partition coefficient (Wildman–Crippen LogP) is 15.2. The molecule has 0 unspecified atom stereocenters. The minimum Gasteiger partial charge on any atom is -0.456 e. The molecule has 4 aromatic heterocycles. The molecule has 13 aromatic rings. The van der Waals surface area contributed by atoms with Crippen LogP contribution in [0, 0.1) is 0 Å². The third-order valence-corrected chi connectivity index (χ3v) is 12.5. The van der Waals surface area contributed by atoms with Crippen LogP contribution in [0.3, 0.4) is 0 Å². The molecule has 0 aliphatic carbocycles. The molecule has 0 bridgehead atoms. The molecule has 63 heavy (non-hydrogen) atoms. The van der Waals surface area contributed by atoms with Gasteiger partial charge in [0, 0.05) is 60.4 Å². The molecule has 0 aliphatic rings. The SMILES string of the molecule is c1ccc(-c2nc(-c3ccc(-c4ccc5c(c4)oc4ccccc45)cc3)cc(-c3cc(-n4c5ccccc5c5ccccc54)cc(-n4c5ccccc5c5ccccc54)c3)n2)cc1. The van der Waals surface area contributed by atoms with E-state index in [4.69, 9.17) is 14.4 Å². The molecule has 0 atom stereocenters. The average Bonchev–Trinajstić information content (AvgIpc) is 4.02. The van der Waals surface area contributed by atoms with Crippen molar-refractivity contribution in [2.45, 2.75) is 0 Å². The molecule has 0 aliphatic heterocycles. The number of nitrogens with zero attached hydrogens (tertiary/aromatic N) is 4. The summed E-state index contributed by atoms with van der Waals surface area (Å²) < 4.78 is 11.0. The summed E-state index contributed by atoms with van der Waals surface area (Å²) >= 11 is 0. The highest BCUT2D eigenvalue weighted by molar-refractivity contribution is 6.11. The van der Waals surface area contributed by atoms with E-state index >= 15 is 0 Å². The van der Waals surface area contributed by atoms with Crippen LogP contribution in [0.1, 0.15) is 0 Å². The van der Waals surface area contributed by atoms with Gasteiger partial charge in [0.15, 0.2) is 5.82 Å². The third-order valence-electron chi connectivity index (χ3n) is 12.5. The summed E-state index contributed by atoms with van der Waals surface area (Å²) in [6, 6.07) is 77.4. The van der Waals surface area contributed by atoms with Gasteiger partial charge in [-0.25, -0.2) is 9.97 Å². The summed E-state index contributed by atoms with van der Waals surface area (Å²) in [6.07, 6.45) is 0. The fourth-order valence-corrected chi connectivity index (χ4v) is 9.60. The maximum absolute atomic E-state index is 6.25. The summed E-state index contributed by atoms with van der Waals surface area (Å²) in [7, 11) is 0. The van der Waals surface area contributed by atoms with Gasteiger partial charge < -0.3 is 13.6 Å². The Hall–Kier alpha value is -8.54. The van der Waals surface area contributed by atoms with E-state index in [1.54, 1.807) is 0 Å². The number of furan rings is 1. The maximum atomic E-state index is 6.25. The molecule has 294 valence electrons. The van der Waals surface area contributed by atoms with Crippen molar-refractivity contribution < 1.29 is 4.42 Å². The van der Waals surface area contributed by atoms with Crippen LogP contribution in [-0.4, -0.2) is 19.1 Å². The van der Waals surface area contributed by atoms with E-state index in [0.29, 0.717) is 5.82 Å². The van der Waals surface area contributed by atoms with E-state index in [1.165, 1.54) is 21.5 Å². The summed E-state index contributed by atoms with van der Waals surface area (Å²) in [5.41, 5.74) is 15.3. The number of rotatable bonds is 6. The average molecular weight is 805 g/mol. The lowest BCUT2D eigenvalue weighted by molar-refractivity contribution is 0.669. The normalized spacial score (nSPS) is 11.8. The zero-order chi connectivity index (χ0) is 41.4. The lowest BCUT2D eigenvalue weighted by atomic mass is 10.0. The van der Waals surface area contributed by atoms with E-state index in [0.717, 1.165) is 94.6 Å². The highest BCUT2D eigenvalue weighted by Crippen LogP contribution is 2.39. The van der Waals surface area contributed by atoms with Crippen LogP contribution in [0.5, 0.6) is 0 Å². The molecule has 13 rings (SSSR count). The summed E-state index contributed by atoms with van der Waals surface area (Å²) in [6.45, 7) is 0. The quantitative estimate of drug-likeness (QED) is 0.168. The monoisotopic (exact) mass is 804 g/mol. The minimum atomic E-state index is 0.670. The van der Waals surface area contributed by atoms with Crippen LogP contribution in [0.4, 0.5) is 0 Å². The van der Waals surface area contributed by atoms with E-state index < -0.39 is 0 Å². The number of hydrogen-bond acceptors (Lipinski definition) is 3. The smallest absolute Gasteiger partial charge is 0.160 e. The number of fused-ring (bicyclic) bond motifs is 9. The molecule has 0 fully saturated rings. The van der Waals surface area contributed by atoms with Crippen LogP contribution in [0.2, 0.25) is 0 Å². The number of para-hydroxylation sites is 5. The van der Waals surface area contributed by atoms with Gasteiger partial charge in [0.2, 0.25) is 0 Å². The first-order valence-corrected chi connectivity index (χ1v) is 21.3. The van der Waals surface area contributed by atoms with Gasteiger partial charge in [0.1, 0.15) is 11.2 Å². The fraction of sp³-hybridized carbons (Fsp3) is 0. The van der Waals surface area contributed by atoms with Gasteiger partial charge in [-0.15, -0.1) is 0 Å². The Labute approximate surface area is 362 Å². The summed E-state index contributed by atoms with van der Waals surface area (Å²) in [5.74, 6) is 0.670. The molecule has 0 radical (unpaired) electrons. The Balaban J connectivity index is 1.02. The standard InChI is InChI=1S/C58H36N4O/c1-2-14-39(15-3-1)58-59-50(38-28-26-37(27-29-38)40-30-31-49-48-20-8-13-25-56(48)63-57(49)34-40)36-51(60-58)41-32-42(61-52-21-9-4-16-44(52)45-17-5-10-22-53(45)61)35-43(33-41)62-54-23-11-6-18-46(54)47-19-7-12-24-55(47)62/h1-36H. The molecular formula is C58H36N4O. The number of aromatic nitrogens is 4. The van der Waals surface area contributed by atoms with Gasteiger partial charge in [0.25, 0.3) is 0 Å². The molecule has 4 heterocycles. The molecule has 0 saturated heterocycles. The van der Waals surface area contributed by atoms with Crippen LogP contribution < -0.4 is 0 Å². The lowest BCUT2D eigenvalue weighted by Gasteiger charge is -2.16. The largest absolute Gasteiger partial charge is 0.456 e. The molecule has 9 aromatic carbocycles. The summed E-state index contributed by atoms with van der Waals surface area (Å²) in [5, 5.41) is 7.12. The van der Waals surface area contributed by atoms with E-state index in [9.17, 15) is 0 Å². The highest BCUT2D eigenvalue weighted by Gasteiger charge is 2.19. The maximum Gasteiger partial charge on any atom is 0.160 e. The molecular weight excluding hydrogens is 769 g/mol. The molecule has 5 nitrogen and oxygen atoms in total. The molecule has 0 saturated carbocycles. The Morgan fingerprint density at radius 2 is 0.730 bits per heavy atom. The molecule has 5 heteroatoms. The second-order valence-electron chi connectivity index (χ2n) is 16.2. The number of hydrogen-bond donors (Lipinski definition) is 0. The third kappa shape index (κ3) is 5.71. The summed E-state index contributed by atoms with van der Waals surface area (Å²) in [4.78, 5) is 10.6. The van der Waals surface area contributed by atoms with E-state index in [-0.39, 0.29) is 0 Å². The van der Waals surface area contributed by atoms with Crippen LogP contribution in [0.15, 0.2) is 223 Å². The fourth-order valence-electron chi connectivity index (χ4n) is 9.60. The van der Waals surface area contributed by atoms with Crippen molar-refractivity contribution in [3.8, 4) is 56.4 Å². The van der Waals surface area contributed by atoms with Crippen molar-refractivity contribution in [2.24, 2.45) is 0 Å². The van der Waals surface area contributed by atoms with Gasteiger partial charge in [-0.1, -0.05) is 152 Å². The zero-order valence-electron chi connectivity index (χ0n) is 34.0. The number of benzene rings is 9.